The Hall–Kier alpha value is -0.570. The highest BCUT2D eigenvalue weighted by Crippen LogP contribution is 2.46. The molecule has 0 radical (unpaired) electrons. The van der Waals surface area contributed by atoms with Gasteiger partial charge in [-0.05, 0) is 18.3 Å². The Balaban J connectivity index is 2.56. The molecular formula is C7H13NO2. The van der Waals surface area contributed by atoms with Crippen molar-refractivity contribution in [1.82, 2.24) is 0 Å². The molecular weight excluding hydrogens is 130 g/mol. The predicted molar refractivity (Wildman–Crippen MR) is 37.5 cm³/mol. The Morgan fingerprint density at radius 1 is 1.80 bits per heavy atom. The summed E-state index contributed by atoms with van der Waals surface area (Å²) in [5, 5.41) is 8.61. The highest BCUT2D eigenvalue weighted by molar-refractivity contribution is 5.82. The van der Waals surface area contributed by atoms with E-state index in [1.165, 1.54) is 0 Å². The molecule has 0 aromatic rings. The van der Waals surface area contributed by atoms with Crippen LogP contribution >= 0.6 is 0 Å². The maximum absolute atomic E-state index is 10.5. The van der Waals surface area contributed by atoms with Crippen LogP contribution in [0.15, 0.2) is 0 Å². The molecule has 3 heteroatoms. The van der Waals surface area contributed by atoms with Gasteiger partial charge < -0.3 is 10.8 Å². The molecule has 1 rings (SSSR count). The van der Waals surface area contributed by atoms with Crippen molar-refractivity contribution >= 4 is 5.97 Å². The average molecular weight is 143 g/mol. The Morgan fingerprint density at radius 3 is 2.40 bits per heavy atom. The van der Waals surface area contributed by atoms with Crippen molar-refractivity contribution in [2.45, 2.75) is 25.8 Å². The topological polar surface area (TPSA) is 63.3 Å². The summed E-state index contributed by atoms with van der Waals surface area (Å²) in [4.78, 5) is 10.5. The van der Waals surface area contributed by atoms with E-state index < -0.39 is 11.5 Å². The van der Waals surface area contributed by atoms with Crippen molar-refractivity contribution in [3.05, 3.63) is 0 Å². The van der Waals surface area contributed by atoms with Crippen LogP contribution in [0.5, 0.6) is 0 Å². The van der Waals surface area contributed by atoms with E-state index in [1.54, 1.807) is 0 Å². The first-order valence-electron chi connectivity index (χ1n) is 3.50. The van der Waals surface area contributed by atoms with Crippen LogP contribution in [0, 0.1) is 11.8 Å². The largest absolute Gasteiger partial charge is 0.480 e. The molecule has 3 N–H and O–H groups in total. The van der Waals surface area contributed by atoms with Gasteiger partial charge in [-0.2, -0.15) is 0 Å². The van der Waals surface area contributed by atoms with Gasteiger partial charge in [0.15, 0.2) is 0 Å². The third kappa shape index (κ3) is 0.904. The number of hydrogen-bond donors (Lipinski definition) is 2. The number of rotatable bonds is 2. The van der Waals surface area contributed by atoms with Crippen molar-refractivity contribution in [2.75, 3.05) is 0 Å². The molecule has 0 saturated heterocycles. The molecule has 0 bridgehead atoms. The summed E-state index contributed by atoms with van der Waals surface area (Å²) in [7, 11) is 0. The van der Waals surface area contributed by atoms with Gasteiger partial charge in [0.25, 0.3) is 0 Å². The van der Waals surface area contributed by atoms with Gasteiger partial charge in [0.1, 0.15) is 5.54 Å². The van der Waals surface area contributed by atoms with Gasteiger partial charge in [0, 0.05) is 0 Å². The lowest BCUT2D eigenvalue weighted by atomic mass is 10.1. The van der Waals surface area contributed by atoms with Crippen molar-refractivity contribution in [3.63, 3.8) is 0 Å². The first kappa shape index (κ1) is 7.54. The number of nitrogens with two attached hydrogens (primary N) is 1. The van der Waals surface area contributed by atoms with Crippen molar-refractivity contribution in [2.24, 2.45) is 17.6 Å². The molecule has 1 aliphatic rings. The zero-order valence-corrected chi connectivity index (χ0v) is 6.29. The molecule has 1 fully saturated rings. The van der Waals surface area contributed by atoms with E-state index in [9.17, 15) is 4.79 Å². The zero-order valence-electron chi connectivity index (χ0n) is 6.29. The van der Waals surface area contributed by atoms with E-state index in [-0.39, 0.29) is 5.92 Å². The minimum Gasteiger partial charge on any atom is -0.480 e. The summed E-state index contributed by atoms with van der Waals surface area (Å²) in [6, 6.07) is 0. The lowest BCUT2D eigenvalue weighted by Crippen LogP contribution is -2.36. The molecule has 1 saturated carbocycles. The third-order valence-corrected chi connectivity index (χ3v) is 2.26. The summed E-state index contributed by atoms with van der Waals surface area (Å²) < 4.78 is 0. The van der Waals surface area contributed by atoms with Crippen LogP contribution in [-0.2, 0) is 4.79 Å². The van der Waals surface area contributed by atoms with E-state index >= 15 is 0 Å². The fraction of sp³-hybridized carbons (Fsp3) is 0.857. The summed E-state index contributed by atoms with van der Waals surface area (Å²) in [6.45, 7) is 4.00. The normalized spacial score (nSPS) is 38.2. The van der Waals surface area contributed by atoms with Crippen LogP contribution < -0.4 is 5.73 Å². The van der Waals surface area contributed by atoms with E-state index in [4.69, 9.17) is 10.8 Å². The Kier molecular flexibility index (Phi) is 1.47. The molecule has 0 aliphatic heterocycles. The number of aliphatic carboxylic acids is 1. The van der Waals surface area contributed by atoms with Gasteiger partial charge in [0.05, 0.1) is 0 Å². The van der Waals surface area contributed by atoms with E-state index in [1.807, 2.05) is 13.8 Å². The molecule has 0 aromatic carbocycles. The standard InChI is InChI=1S/C7H13NO2/c1-4(2)5-3-7(5,8)6(9)10/h4-5H,3,8H2,1-2H3,(H,9,10)/t5-,7-/m0/s1. The van der Waals surface area contributed by atoms with Crippen LogP contribution in [0.1, 0.15) is 20.3 Å². The SMILES string of the molecule is CC(C)[C@@H]1C[C@@]1(N)C(=O)O. The van der Waals surface area contributed by atoms with E-state index in [0.29, 0.717) is 12.3 Å². The number of carboxylic acid groups (broad SMARTS) is 1. The zero-order chi connectivity index (χ0) is 7.94. The fourth-order valence-electron chi connectivity index (χ4n) is 1.38. The molecule has 0 amide bonds. The Labute approximate surface area is 60.2 Å². The predicted octanol–water partition coefficient (Wildman–Crippen LogP) is 0.444. The number of carboxylic acids is 1. The maximum Gasteiger partial charge on any atom is 0.323 e. The van der Waals surface area contributed by atoms with Gasteiger partial charge in [-0.1, -0.05) is 13.8 Å². The molecule has 0 aromatic heterocycles. The Bertz CT molecular complexity index is 167. The van der Waals surface area contributed by atoms with Crippen molar-refractivity contribution in [3.8, 4) is 0 Å². The molecule has 0 spiro atoms. The Morgan fingerprint density at radius 2 is 2.30 bits per heavy atom. The quantitative estimate of drug-likeness (QED) is 0.589. The summed E-state index contributed by atoms with van der Waals surface area (Å²) in [6.07, 6.45) is 0.639. The van der Waals surface area contributed by atoms with Crippen molar-refractivity contribution in [1.29, 1.82) is 0 Å². The molecule has 0 heterocycles. The van der Waals surface area contributed by atoms with Gasteiger partial charge in [-0.15, -0.1) is 0 Å². The van der Waals surface area contributed by atoms with Crippen LogP contribution in [0.2, 0.25) is 0 Å². The maximum atomic E-state index is 10.5. The first-order chi connectivity index (χ1) is 4.48. The average Bonchev–Trinajstić information content (AvgIpc) is 2.43. The first-order valence-corrected chi connectivity index (χ1v) is 3.50. The molecule has 58 valence electrons. The van der Waals surface area contributed by atoms with Gasteiger partial charge in [-0.25, -0.2) is 0 Å². The fourth-order valence-corrected chi connectivity index (χ4v) is 1.38. The summed E-state index contributed by atoms with van der Waals surface area (Å²) in [5.74, 6) is -0.280. The smallest absolute Gasteiger partial charge is 0.323 e. The lowest BCUT2D eigenvalue weighted by Gasteiger charge is -2.06. The molecule has 0 unspecified atom stereocenters. The number of hydrogen-bond acceptors (Lipinski definition) is 2. The summed E-state index contributed by atoms with van der Waals surface area (Å²) in [5.41, 5.74) is 4.64. The minimum absolute atomic E-state index is 0.185. The van der Waals surface area contributed by atoms with Gasteiger partial charge in [-0.3, -0.25) is 4.79 Å². The van der Waals surface area contributed by atoms with E-state index in [0.717, 1.165) is 0 Å². The lowest BCUT2D eigenvalue weighted by molar-refractivity contribution is -0.140. The second-order valence-corrected chi connectivity index (χ2v) is 3.40. The van der Waals surface area contributed by atoms with Gasteiger partial charge >= 0.3 is 5.97 Å². The van der Waals surface area contributed by atoms with Crippen LogP contribution in [0.4, 0.5) is 0 Å². The van der Waals surface area contributed by atoms with E-state index in [2.05, 4.69) is 0 Å². The third-order valence-electron chi connectivity index (χ3n) is 2.26. The number of carbonyl (C=O) groups is 1. The van der Waals surface area contributed by atoms with Crippen LogP contribution in [-0.4, -0.2) is 16.6 Å². The highest BCUT2D eigenvalue weighted by Gasteiger charge is 2.58. The van der Waals surface area contributed by atoms with Crippen LogP contribution in [0.3, 0.4) is 0 Å². The molecule has 3 nitrogen and oxygen atoms in total. The molecule has 2 atom stereocenters. The second-order valence-electron chi connectivity index (χ2n) is 3.40. The summed E-state index contributed by atoms with van der Waals surface area (Å²) >= 11 is 0. The monoisotopic (exact) mass is 143 g/mol. The highest BCUT2D eigenvalue weighted by atomic mass is 16.4. The molecule has 10 heavy (non-hydrogen) atoms. The van der Waals surface area contributed by atoms with Crippen molar-refractivity contribution < 1.29 is 9.90 Å². The van der Waals surface area contributed by atoms with Gasteiger partial charge in [0.2, 0.25) is 0 Å². The molecule has 1 aliphatic carbocycles. The van der Waals surface area contributed by atoms with Crippen LogP contribution in [0.25, 0.3) is 0 Å². The minimum atomic E-state index is -0.895. The second kappa shape index (κ2) is 1.95.